The van der Waals surface area contributed by atoms with Crippen LogP contribution in [0.25, 0.3) is 0 Å². The van der Waals surface area contributed by atoms with E-state index in [0.29, 0.717) is 12.4 Å². The highest BCUT2D eigenvalue weighted by Crippen LogP contribution is 2.13. The van der Waals surface area contributed by atoms with Gasteiger partial charge in [0.25, 0.3) is 0 Å². The molecule has 0 fully saturated rings. The lowest BCUT2D eigenvalue weighted by molar-refractivity contribution is 0.301. The van der Waals surface area contributed by atoms with Gasteiger partial charge in [0, 0.05) is 19.2 Å². The molecule has 1 aromatic heterocycles. The maximum atomic E-state index is 8.93. The van der Waals surface area contributed by atoms with Gasteiger partial charge in [-0.15, -0.1) is 0 Å². The molecular weight excluding hydrogens is 194 g/mol. The predicted molar refractivity (Wildman–Crippen MR) is 59.4 cm³/mol. The van der Waals surface area contributed by atoms with Crippen LogP contribution in [0.5, 0.6) is 0 Å². The van der Waals surface area contributed by atoms with E-state index in [1.807, 2.05) is 4.90 Å². The second-order valence-corrected chi connectivity index (χ2v) is 3.12. The van der Waals surface area contributed by atoms with Crippen LogP contribution in [0.1, 0.15) is 13.3 Å². The molecule has 0 unspecified atom stereocenters. The van der Waals surface area contributed by atoms with E-state index in [0.717, 1.165) is 18.8 Å². The molecule has 0 aliphatic rings. The molecule has 1 aromatic rings. The third-order valence-corrected chi connectivity index (χ3v) is 1.99. The summed E-state index contributed by atoms with van der Waals surface area (Å²) in [6.45, 7) is 3.60. The Morgan fingerprint density at radius 1 is 1.47 bits per heavy atom. The lowest BCUT2D eigenvalue weighted by Crippen LogP contribution is -2.28. The molecule has 6 heteroatoms. The van der Waals surface area contributed by atoms with Crippen LogP contribution in [-0.4, -0.2) is 34.8 Å². The molecule has 0 amide bonds. The zero-order valence-corrected chi connectivity index (χ0v) is 8.85. The van der Waals surface area contributed by atoms with Gasteiger partial charge in [0.05, 0.1) is 6.61 Å². The molecule has 0 saturated heterocycles. The van der Waals surface area contributed by atoms with Crippen LogP contribution in [0, 0.1) is 0 Å². The first-order valence-corrected chi connectivity index (χ1v) is 4.96. The van der Waals surface area contributed by atoms with E-state index in [2.05, 4.69) is 22.3 Å². The molecule has 1 heterocycles. The second-order valence-electron chi connectivity index (χ2n) is 3.12. The summed E-state index contributed by atoms with van der Waals surface area (Å²) in [4.78, 5) is 10.0. The molecule has 0 bridgehead atoms. The Hall–Kier alpha value is -1.40. The van der Waals surface area contributed by atoms with E-state index < -0.39 is 0 Å². The van der Waals surface area contributed by atoms with E-state index in [1.165, 1.54) is 6.33 Å². The molecule has 0 saturated carbocycles. The molecule has 0 radical (unpaired) electrons. The van der Waals surface area contributed by atoms with Crippen molar-refractivity contribution in [1.82, 2.24) is 9.97 Å². The van der Waals surface area contributed by atoms with Crippen molar-refractivity contribution in [1.29, 1.82) is 0 Å². The molecule has 84 valence electrons. The van der Waals surface area contributed by atoms with Gasteiger partial charge in [-0.05, 0) is 6.42 Å². The minimum absolute atomic E-state index is 0.107. The van der Waals surface area contributed by atoms with Crippen LogP contribution in [0.4, 0.5) is 11.6 Å². The van der Waals surface area contributed by atoms with Crippen LogP contribution in [0.3, 0.4) is 0 Å². The fourth-order valence-electron chi connectivity index (χ4n) is 1.33. The molecule has 6 nitrogen and oxygen atoms in total. The minimum atomic E-state index is 0.107. The molecule has 0 aromatic carbocycles. The number of hydrazine groups is 1. The van der Waals surface area contributed by atoms with Crippen molar-refractivity contribution >= 4 is 11.6 Å². The normalized spacial score (nSPS) is 10.1. The number of nitrogens with one attached hydrogen (secondary N) is 1. The first kappa shape index (κ1) is 11.7. The summed E-state index contributed by atoms with van der Waals surface area (Å²) in [5, 5.41) is 8.93. The van der Waals surface area contributed by atoms with Gasteiger partial charge < -0.3 is 15.4 Å². The fraction of sp³-hybridized carbons (Fsp3) is 0.556. The van der Waals surface area contributed by atoms with Gasteiger partial charge in [-0.2, -0.15) is 0 Å². The average molecular weight is 211 g/mol. The van der Waals surface area contributed by atoms with Gasteiger partial charge in [-0.1, -0.05) is 6.92 Å². The van der Waals surface area contributed by atoms with Gasteiger partial charge in [0.1, 0.15) is 18.0 Å². The van der Waals surface area contributed by atoms with Crippen molar-refractivity contribution in [3.05, 3.63) is 12.4 Å². The van der Waals surface area contributed by atoms with E-state index in [4.69, 9.17) is 10.9 Å². The molecule has 15 heavy (non-hydrogen) atoms. The van der Waals surface area contributed by atoms with Crippen LogP contribution >= 0.6 is 0 Å². The lowest BCUT2D eigenvalue weighted by atomic mass is 10.4. The zero-order valence-electron chi connectivity index (χ0n) is 8.85. The summed E-state index contributed by atoms with van der Waals surface area (Å²) >= 11 is 0. The lowest BCUT2D eigenvalue weighted by Gasteiger charge is -2.22. The zero-order chi connectivity index (χ0) is 11.1. The van der Waals surface area contributed by atoms with Crippen molar-refractivity contribution in [2.45, 2.75) is 13.3 Å². The van der Waals surface area contributed by atoms with Crippen LogP contribution < -0.4 is 16.2 Å². The van der Waals surface area contributed by atoms with Gasteiger partial charge in [0.15, 0.2) is 0 Å². The Bertz CT molecular complexity index is 288. The molecule has 4 N–H and O–H groups in total. The highest BCUT2D eigenvalue weighted by atomic mass is 16.3. The van der Waals surface area contributed by atoms with Crippen molar-refractivity contribution in [2.75, 3.05) is 30.0 Å². The molecule has 0 aliphatic heterocycles. The Morgan fingerprint density at radius 3 is 2.87 bits per heavy atom. The fourth-order valence-corrected chi connectivity index (χ4v) is 1.33. The van der Waals surface area contributed by atoms with Crippen LogP contribution in [-0.2, 0) is 0 Å². The molecule has 0 aliphatic carbocycles. The van der Waals surface area contributed by atoms with Gasteiger partial charge >= 0.3 is 0 Å². The maximum Gasteiger partial charge on any atom is 0.145 e. The molecular formula is C9H17N5O. The summed E-state index contributed by atoms with van der Waals surface area (Å²) < 4.78 is 0. The SMILES string of the molecule is CCCN(CCO)c1cc(NN)ncn1. The number of rotatable bonds is 6. The number of hydrogen-bond acceptors (Lipinski definition) is 6. The van der Waals surface area contributed by atoms with E-state index in [-0.39, 0.29) is 6.61 Å². The third kappa shape index (κ3) is 3.34. The van der Waals surface area contributed by atoms with Crippen LogP contribution in [0.15, 0.2) is 12.4 Å². The van der Waals surface area contributed by atoms with Crippen molar-refractivity contribution < 1.29 is 5.11 Å². The minimum Gasteiger partial charge on any atom is -0.395 e. The van der Waals surface area contributed by atoms with Crippen molar-refractivity contribution in [3.63, 3.8) is 0 Å². The predicted octanol–water partition coefficient (Wildman–Crippen LogP) is -0.0291. The highest BCUT2D eigenvalue weighted by Gasteiger charge is 2.06. The standard InChI is InChI=1S/C9H17N5O/c1-2-3-14(4-5-15)9-6-8(13-10)11-7-12-9/h6-7,15H,2-5,10H2,1H3,(H,11,12,13). The number of aliphatic hydroxyl groups is 1. The summed E-state index contributed by atoms with van der Waals surface area (Å²) in [6, 6.07) is 1.76. The number of aliphatic hydroxyl groups excluding tert-OH is 1. The number of aromatic nitrogens is 2. The topological polar surface area (TPSA) is 87.3 Å². The first-order valence-electron chi connectivity index (χ1n) is 4.96. The van der Waals surface area contributed by atoms with Gasteiger partial charge in [-0.3, -0.25) is 0 Å². The number of anilines is 2. The summed E-state index contributed by atoms with van der Waals surface area (Å²) in [5.41, 5.74) is 2.47. The smallest absolute Gasteiger partial charge is 0.145 e. The molecule has 0 spiro atoms. The number of hydrogen-bond donors (Lipinski definition) is 3. The number of nitrogen functional groups attached to an aromatic ring is 1. The van der Waals surface area contributed by atoms with Crippen molar-refractivity contribution in [2.24, 2.45) is 5.84 Å². The largest absolute Gasteiger partial charge is 0.395 e. The Balaban J connectivity index is 2.79. The Labute approximate surface area is 89.1 Å². The summed E-state index contributed by atoms with van der Waals surface area (Å²) in [5.74, 6) is 6.60. The monoisotopic (exact) mass is 211 g/mol. The van der Waals surface area contributed by atoms with Gasteiger partial charge in [0.2, 0.25) is 0 Å². The molecule has 0 atom stereocenters. The summed E-state index contributed by atoms with van der Waals surface area (Å²) in [6.07, 6.45) is 2.44. The molecule has 1 rings (SSSR count). The Morgan fingerprint density at radius 2 is 2.27 bits per heavy atom. The van der Waals surface area contributed by atoms with Gasteiger partial charge in [-0.25, -0.2) is 15.8 Å². The van der Waals surface area contributed by atoms with Crippen molar-refractivity contribution in [3.8, 4) is 0 Å². The van der Waals surface area contributed by atoms with E-state index in [9.17, 15) is 0 Å². The number of nitrogens with two attached hydrogens (primary N) is 1. The average Bonchev–Trinajstić information content (AvgIpc) is 2.29. The Kier molecular flexibility index (Phi) is 4.79. The van der Waals surface area contributed by atoms with E-state index in [1.54, 1.807) is 6.07 Å². The first-order chi connectivity index (χ1) is 7.31. The van der Waals surface area contributed by atoms with E-state index >= 15 is 0 Å². The van der Waals surface area contributed by atoms with Crippen LogP contribution in [0.2, 0.25) is 0 Å². The highest BCUT2D eigenvalue weighted by molar-refractivity contribution is 5.47. The number of nitrogens with zero attached hydrogens (tertiary/aromatic N) is 3. The second kappa shape index (κ2) is 6.15. The quantitative estimate of drug-likeness (QED) is 0.452. The third-order valence-electron chi connectivity index (χ3n) is 1.99. The summed E-state index contributed by atoms with van der Waals surface area (Å²) in [7, 11) is 0. The maximum absolute atomic E-state index is 8.93.